The topological polar surface area (TPSA) is 0 Å². The Morgan fingerprint density at radius 1 is 0.958 bits per heavy atom. The maximum absolute atomic E-state index is 13.5. The van der Waals surface area contributed by atoms with E-state index in [1.54, 1.807) is 0 Å². The van der Waals surface area contributed by atoms with Gasteiger partial charge in [0, 0.05) is 9.96 Å². The molecule has 134 valence electrons. The lowest BCUT2D eigenvalue weighted by molar-refractivity contribution is 0.216. The van der Waals surface area contributed by atoms with Crippen LogP contribution in [0.5, 0.6) is 0 Å². The van der Waals surface area contributed by atoms with E-state index >= 15 is 0 Å². The summed E-state index contributed by atoms with van der Waals surface area (Å²) >= 11 is 0. The molecule has 0 nitrogen and oxygen atoms in total. The van der Waals surface area contributed by atoms with Crippen molar-refractivity contribution >= 4 is 8.73 Å². The predicted octanol–water partition coefficient (Wildman–Crippen LogP) is 6.42. The lowest BCUT2D eigenvalue weighted by atomic mass is 9.72. The van der Waals surface area contributed by atoms with Crippen molar-refractivity contribution in [1.82, 2.24) is 0 Å². The Labute approximate surface area is 146 Å². The molecule has 3 rings (SSSR count). The molecular weight excluding hydrogens is 325 g/mol. The molecule has 0 atom stereocenters. The normalized spacial score (nSPS) is 34.8. The van der Waals surface area contributed by atoms with Crippen molar-refractivity contribution in [1.29, 1.82) is 1.23 Å². The van der Waals surface area contributed by atoms with Gasteiger partial charge in [0.2, 0.25) is 0 Å². The van der Waals surface area contributed by atoms with Gasteiger partial charge in [0.15, 0.2) is 17.5 Å². The summed E-state index contributed by atoms with van der Waals surface area (Å²) in [5.74, 6) is -1.92. The molecule has 0 amide bonds. The van der Waals surface area contributed by atoms with Gasteiger partial charge in [-0.05, 0) is 61.1 Å². The standard InChI is InChI=1S/C20H29F3Si/c1-2-9-24-10-7-16(8-11-24)14-3-5-15(6-4-14)17-12-18(21)20(23)19(22)13-17/h12-16,24H,2-11H2,1H3/i24D. The Kier molecular flexibility index (Phi) is 5.61. The third kappa shape index (κ3) is 4.06. The van der Waals surface area contributed by atoms with Gasteiger partial charge in [0.25, 0.3) is 0 Å². The first kappa shape index (κ1) is 16.7. The van der Waals surface area contributed by atoms with Gasteiger partial charge in [-0.15, -0.1) is 0 Å². The highest BCUT2D eigenvalue weighted by Gasteiger charge is 2.31. The number of rotatable bonds is 4. The van der Waals surface area contributed by atoms with Gasteiger partial charge >= 0.3 is 0 Å². The molecule has 0 bridgehead atoms. The summed E-state index contributed by atoms with van der Waals surface area (Å²) in [5.41, 5.74) is 0.610. The zero-order valence-corrected chi connectivity index (χ0v) is 15.6. The minimum atomic E-state index is -1.69. The van der Waals surface area contributed by atoms with E-state index in [-0.39, 0.29) is 5.92 Å². The SMILES string of the molecule is [2H][Si]1(CCC)CCC(C2CCC(c3cc(F)c(F)c(F)c3)CC2)CC1. The van der Waals surface area contributed by atoms with Crippen LogP contribution in [0.15, 0.2) is 12.1 Å². The summed E-state index contributed by atoms with van der Waals surface area (Å²) in [6, 6.07) is 5.80. The minimum absolute atomic E-state index is 0.147. The second-order valence-electron chi connectivity index (χ2n) is 7.75. The molecule has 0 N–H and O–H groups in total. The molecule has 2 aliphatic rings. The van der Waals surface area contributed by atoms with Gasteiger partial charge in [-0.25, -0.2) is 13.2 Å². The Morgan fingerprint density at radius 2 is 1.50 bits per heavy atom. The largest absolute Gasteiger partial charge is 0.204 e. The molecule has 24 heavy (non-hydrogen) atoms. The fourth-order valence-electron chi connectivity index (χ4n) is 4.86. The van der Waals surface area contributed by atoms with Crippen molar-refractivity contribution in [3.8, 4) is 0 Å². The summed E-state index contributed by atoms with van der Waals surface area (Å²) in [6.07, 6.45) is 7.63. The molecule has 0 radical (unpaired) electrons. The van der Waals surface area contributed by atoms with E-state index in [1.165, 1.54) is 25.0 Å². The predicted molar refractivity (Wildman–Crippen MR) is 95.6 cm³/mol. The van der Waals surface area contributed by atoms with Crippen LogP contribution < -0.4 is 0 Å². The molecule has 0 unspecified atom stereocenters. The quantitative estimate of drug-likeness (QED) is 0.431. The molecule has 1 aromatic carbocycles. The molecule has 2 fully saturated rings. The van der Waals surface area contributed by atoms with Gasteiger partial charge in [-0.1, -0.05) is 44.3 Å². The van der Waals surface area contributed by atoms with Crippen LogP contribution in [0, 0.1) is 29.3 Å². The van der Waals surface area contributed by atoms with Crippen molar-refractivity contribution in [2.24, 2.45) is 11.8 Å². The van der Waals surface area contributed by atoms with Crippen molar-refractivity contribution in [3.05, 3.63) is 35.1 Å². The molecular formula is C20H29F3Si. The van der Waals surface area contributed by atoms with Gasteiger partial charge in [0.1, 0.15) is 0 Å². The van der Waals surface area contributed by atoms with Crippen LogP contribution in [-0.2, 0) is 0 Å². The third-order valence-electron chi connectivity index (χ3n) is 6.26. The van der Waals surface area contributed by atoms with Crippen molar-refractivity contribution in [2.45, 2.75) is 75.9 Å². The zero-order valence-electron chi connectivity index (χ0n) is 15.6. The van der Waals surface area contributed by atoms with Crippen LogP contribution in [0.25, 0.3) is 0 Å². The van der Waals surface area contributed by atoms with Crippen molar-refractivity contribution in [2.75, 3.05) is 0 Å². The number of hydrogen-bond acceptors (Lipinski definition) is 0. The minimum Gasteiger partial charge on any atom is -0.204 e. The van der Waals surface area contributed by atoms with Gasteiger partial charge < -0.3 is 0 Å². The second-order valence-corrected chi connectivity index (χ2v) is 10.7. The molecule has 1 aromatic rings. The van der Waals surface area contributed by atoms with Crippen LogP contribution in [0.3, 0.4) is 0 Å². The van der Waals surface area contributed by atoms with Crippen LogP contribution in [0.4, 0.5) is 13.2 Å². The molecule has 1 saturated heterocycles. The van der Waals surface area contributed by atoms with Gasteiger partial charge in [-0.2, -0.15) is 0 Å². The van der Waals surface area contributed by atoms with Crippen LogP contribution in [0.2, 0.25) is 18.1 Å². The van der Waals surface area contributed by atoms with E-state index in [0.29, 0.717) is 11.5 Å². The maximum atomic E-state index is 13.5. The number of benzene rings is 1. The van der Waals surface area contributed by atoms with Crippen molar-refractivity contribution in [3.63, 3.8) is 0 Å². The van der Waals surface area contributed by atoms with Gasteiger partial charge in [-0.3, -0.25) is 0 Å². The first-order chi connectivity index (χ1) is 11.9. The Morgan fingerprint density at radius 3 is 2.04 bits per heavy atom. The highest BCUT2D eigenvalue weighted by Crippen LogP contribution is 2.43. The first-order valence-electron chi connectivity index (χ1n) is 10.1. The lowest BCUT2D eigenvalue weighted by Crippen LogP contribution is -2.28. The Balaban J connectivity index is 1.54. The fraction of sp³-hybridized carbons (Fsp3) is 0.700. The summed E-state index contributed by atoms with van der Waals surface area (Å²) in [7, 11) is -1.69. The lowest BCUT2D eigenvalue weighted by Gasteiger charge is -2.37. The van der Waals surface area contributed by atoms with Gasteiger partial charge in [0.05, 0.1) is 0 Å². The van der Waals surface area contributed by atoms with Crippen molar-refractivity contribution < 1.29 is 13.2 Å². The molecule has 1 saturated carbocycles. The average molecular weight is 356 g/mol. The van der Waals surface area contributed by atoms with E-state index < -0.39 is 26.2 Å². The van der Waals surface area contributed by atoms with E-state index in [1.807, 2.05) is 0 Å². The molecule has 1 heterocycles. The summed E-state index contributed by atoms with van der Waals surface area (Å²) in [4.78, 5) is 0. The smallest absolute Gasteiger partial charge is 0.194 e. The van der Waals surface area contributed by atoms with E-state index in [9.17, 15) is 13.2 Å². The van der Waals surface area contributed by atoms with Crippen LogP contribution in [-0.4, -0.2) is 9.96 Å². The Bertz CT molecular complexity index is 568. The Hall–Kier alpha value is -0.773. The highest BCUT2D eigenvalue weighted by molar-refractivity contribution is 6.58. The summed E-state index contributed by atoms with van der Waals surface area (Å²) in [5, 5.41) is 0. The molecule has 1 aliphatic carbocycles. The van der Waals surface area contributed by atoms with E-state index in [2.05, 4.69) is 6.92 Å². The number of halogens is 3. The third-order valence-corrected chi connectivity index (χ3v) is 9.46. The molecule has 4 heteroatoms. The number of hydrogen-bond donors (Lipinski definition) is 0. The maximum Gasteiger partial charge on any atom is 0.194 e. The fourth-order valence-corrected chi connectivity index (χ4v) is 7.87. The first-order valence-corrected chi connectivity index (χ1v) is 11.7. The molecule has 0 spiro atoms. The zero-order chi connectivity index (χ0) is 18.0. The van der Waals surface area contributed by atoms with Crippen LogP contribution in [0.1, 0.15) is 63.4 Å². The van der Waals surface area contributed by atoms with E-state index in [4.69, 9.17) is 1.23 Å². The van der Waals surface area contributed by atoms with E-state index in [0.717, 1.165) is 56.2 Å². The average Bonchev–Trinajstić information content (AvgIpc) is 2.60. The van der Waals surface area contributed by atoms with Crippen LogP contribution >= 0.6 is 0 Å². The molecule has 0 aromatic heterocycles. The highest BCUT2D eigenvalue weighted by atomic mass is 28.3. The second kappa shape index (κ2) is 8.07. The summed E-state index contributed by atoms with van der Waals surface area (Å²) < 4.78 is 48.7. The molecule has 1 aliphatic heterocycles. The summed E-state index contributed by atoms with van der Waals surface area (Å²) in [6.45, 7) is 2.19. The monoisotopic (exact) mass is 355 g/mol.